The summed E-state index contributed by atoms with van der Waals surface area (Å²) in [5, 5.41) is 1.42. The van der Waals surface area contributed by atoms with Crippen molar-refractivity contribution < 1.29 is 9.47 Å². The second kappa shape index (κ2) is 8.28. The molecule has 0 aromatic heterocycles. The number of hydrogen-bond acceptors (Lipinski definition) is 4. The molecule has 2 aromatic carbocycles. The predicted molar refractivity (Wildman–Crippen MR) is 99.5 cm³/mol. The number of ether oxygens (including phenoxy) is 2. The predicted octanol–water partition coefficient (Wildman–Crippen LogP) is 4.75. The lowest BCUT2D eigenvalue weighted by molar-refractivity contribution is 0.414. The largest absolute Gasteiger partial charge is 0.497 e. The van der Waals surface area contributed by atoms with Gasteiger partial charge in [-0.15, -0.1) is 0 Å². The van der Waals surface area contributed by atoms with Crippen LogP contribution in [0.3, 0.4) is 0 Å². The molecule has 130 valence electrons. The SMILES string of the molecule is COc1ccc(C(N)CC(N)c2c(Cl)cc(OC)cc2Cl)c(Cl)c1. The Balaban J connectivity index is 2.22. The van der Waals surface area contributed by atoms with Crippen molar-refractivity contribution in [3.63, 3.8) is 0 Å². The van der Waals surface area contributed by atoms with Crippen molar-refractivity contribution in [1.29, 1.82) is 0 Å². The molecule has 0 fully saturated rings. The monoisotopic (exact) mass is 388 g/mol. The van der Waals surface area contributed by atoms with Gasteiger partial charge in [-0.25, -0.2) is 0 Å². The third-order valence-corrected chi connectivity index (χ3v) is 4.73. The zero-order valence-corrected chi connectivity index (χ0v) is 15.6. The minimum absolute atomic E-state index is 0.368. The first kappa shape index (κ1) is 19.2. The lowest BCUT2D eigenvalue weighted by Crippen LogP contribution is -2.20. The molecule has 2 rings (SSSR count). The van der Waals surface area contributed by atoms with Crippen LogP contribution < -0.4 is 20.9 Å². The van der Waals surface area contributed by atoms with Crippen LogP contribution in [0.15, 0.2) is 30.3 Å². The number of hydrogen-bond donors (Lipinski definition) is 2. The molecular formula is C17H19Cl3N2O2. The van der Waals surface area contributed by atoms with E-state index in [-0.39, 0.29) is 6.04 Å². The number of methoxy groups -OCH3 is 2. The molecule has 0 spiro atoms. The fraction of sp³-hybridized carbons (Fsp3) is 0.294. The quantitative estimate of drug-likeness (QED) is 0.747. The Hall–Kier alpha value is -1.17. The van der Waals surface area contributed by atoms with Crippen LogP contribution in [-0.2, 0) is 0 Å². The molecule has 0 saturated carbocycles. The molecule has 0 aliphatic heterocycles. The van der Waals surface area contributed by atoms with Crippen LogP contribution in [0.25, 0.3) is 0 Å². The van der Waals surface area contributed by atoms with Gasteiger partial charge in [0.2, 0.25) is 0 Å². The molecule has 4 nitrogen and oxygen atoms in total. The Labute approximate surface area is 156 Å². The maximum Gasteiger partial charge on any atom is 0.121 e. The van der Waals surface area contributed by atoms with Crippen LogP contribution in [0.5, 0.6) is 11.5 Å². The van der Waals surface area contributed by atoms with Crippen LogP contribution in [-0.4, -0.2) is 14.2 Å². The van der Waals surface area contributed by atoms with Gasteiger partial charge in [-0.3, -0.25) is 0 Å². The molecule has 0 aliphatic carbocycles. The molecule has 0 saturated heterocycles. The number of halogens is 3. The molecule has 4 N–H and O–H groups in total. The molecule has 0 amide bonds. The molecule has 0 heterocycles. The lowest BCUT2D eigenvalue weighted by atomic mass is 9.95. The first-order valence-electron chi connectivity index (χ1n) is 7.24. The summed E-state index contributed by atoms with van der Waals surface area (Å²) in [4.78, 5) is 0. The van der Waals surface area contributed by atoms with E-state index < -0.39 is 6.04 Å². The Morgan fingerprint density at radius 1 is 0.833 bits per heavy atom. The van der Waals surface area contributed by atoms with E-state index in [1.807, 2.05) is 6.07 Å². The first-order chi connectivity index (χ1) is 11.4. The van der Waals surface area contributed by atoms with Crippen molar-refractivity contribution in [3.05, 3.63) is 56.5 Å². The highest BCUT2D eigenvalue weighted by Gasteiger charge is 2.21. The average Bonchev–Trinajstić information content (AvgIpc) is 2.53. The van der Waals surface area contributed by atoms with Crippen molar-refractivity contribution in [1.82, 2.24) is 0 Å². The molecule has 2 aromatic rings. The molecular weight excluding hydrogens is 371 g/mol. The first-order valence-corrected chi connectivity index (χ1v) is 8.38. The Kier molecular flexibility index (Phi) is 6.61. The number of benzene rings is 2. The van der Waals surface area contributed by atoms with Crippen LogP contribution in [0.2, 0.25) is 15.1 Å². The summed E-state index contributed by atoms with van der Waals surface area (Å²) >= 11 is 18.8. The van der Waals surface area contributed by atoms with Gasteiger partial charge >= 0.3 is 0 Å². The second-order valence-electron chi connectivity index (χ2n) is 5.34. The third kappa shape index (κ3) is 4.26. The van der Waals surface area contributed by atoms with Gasteiger partial charge in [0.25, 0.3) is 0 Å². The summed E-state index contributed by atoms with van der Waals surface area (Å²) in [5.41, 5.74) is 14.0. The van der Waals surface area contributed by atoms with Crippen molar-refractivity contribution >= 4 is 34.8 Å². The number of nitrogens with two attached hydrogens (primary N) is 2. The summed E-state index contributed by atoms with van der Waals surface area (Å²) in [7, 11) is 3.12. The van der Waals surface area contributed by atoms with Gasteiger partial charge in [-0.05, 0) is 36.2 Å². The lowest BCUT2D eigenvalue weighted by Gasteiger charge is -2.21. The van der Waals surface area contributed by atoms with Gasteiger partial charge in [-0.2, -0.15) is 0 Å². The highest BCUT2D eigenvalue weighted by molar-refractivity contribution is 6.36. The van der Waals surface area contributed by atoms with Crippen LogP contribution in [0.4, 0.5) is 0 Å². The smallest absolute Gasteiger partial charge is 0.121 e. The summed E-state index contributed by atoms with van der Waals surface area (Å²) in [5.74, 6) is 1.24. The van der Waals surface area contributed by atoms with Gasteiger partial charge in [0, 0.05) is 22.7 Å². The van der Waals surface area contributed by atoms with E-state index >= 15 is 0 Å². The average molecular weight is 390 g/mol. The summed E-state index contributed by atoms with van der Waals surface area (Å²) in [6, 6.07) is 7.89. The normalized spacial score (nSPS) is 13.5. The molecule has 0 radical (unpaired) electrons. The topological polar surface area (TPSA) is 70.5 Å². The standard InChI is InChI=1S/C17H19Cl3N2O2/c1-23-9-3-4-11(12(18)5-9)15(21)8-16(22)17-13(19)6-10(24-2)7-14(17)20/h3-7,15-16H,8,21-22H2,1-2H3. The van der Waals surface area contributed by atoms with Gasteiger partial charge in [-0.1, -0.05) is 40.9 Å². The van der Waals surface area contributed by atoms with Crippen LogP contribution in [0, 0.1) is 0 Å². The van der Waals surface area contributed by atoms with E-state index in [1.165, 1.54) is 0 Å². The molecule has 2 unspecified atom stereocenters. The zero-order valence-electron chi connectivity index (χ0n) is 13.4. The summed E-state index contributed by atoms with van der Waals surface area (Å²) < 4.78 is 10.3. The fourth-order valence-electron chi connectivity index (χ4n) is 2.49. The van der Waals surface area contributed by atoms with E-state index in [0.717, 1.165) is 5.56 Å². The Bertz CT molecular complexity index is 702. The molecule has 7 heteroatoms. The second-order valence-corrected chi connectivity index (χ2v) is 6.56. The van der Waals surface area contributed by atoms with Crippen LogP contribution in [0.1, 0.15) is 29.6 Å². The van der Waals surface area contributed by atoms with Crippen molar-refractivity contribution in [3.8, 4) is 11.5 Å². The van der Waals surface area contributed by atoms with E-state index in [1.54, 1.807) is 38.5 Å². The van der Waals surface area contributed by atoms with E-state index in [0.29, 0.717) is 38.6 Å². The highest BCUT2D eigenvalue weighted by Crippen LogP contribution is 2.37. The summed E-state index contributed by atoms with van der Waals surface area (Å²) in [6.45, 7) is 0. The molecule has 2 atom stereocenters. The van der Waals surface area contributed by atoms with Crippen LogP contribution >= 0.6 is 34.8 Å². The Morgan fingerprint density at radius 3 is 1.88 bits per heavy atom. The molecule has 0 bridgehead atoms. The van der Waals surface area contributed by atoms with Crippen molar-refractivity contribution in [2.45, 2.75) is 18.5 Å². The van der Waals surface area contributed by atoms with E-state index in [2.05, 4.69) is 0 Å². The summed E-state index contributed by atoms with van der Waals surface area (Å²) in [6.07, 6.45) is 0.428. The maximum atomic E-state index is 6.28. The van der Waals surface area contributed by atoms with Gasteiger partial charge in [0.05, 0.1) is 24.3 Å². The molecule has 24 heavy (non-hydrogen) atoms. The Morgan fingerprint density at radius 2 is 1.38 bits per heavy atom. The minimum Gasteiger partial charge on any atom is -0.497 e. The highest BCUT2D eigenvalue weighted by atomic mass is 35.5. The van der Waals surface area contributed by atoms with Gasteiger partial charge in [0.1, 0.15) is 11.5 Å². The van der Waals surface area contributed by atoms with Crippen molar-refractivity contribution in [2.75, 3.05) is 14.2 Å². The zero-order chi connectivity index (χ0) is 17.9. The number of rotatable bonds is 6. The van der Waals surface area contributed by atoms with E-state index in [4.69, 9.17) is 55.7 Å². The van der Waals surface area contributed by atoms with Gasteiger partial charge in [0.15, 0.2) is 0 Å². The minimum atomic E-state index is -0.441. The maximum absolute atomic E-state index is 6.28. The molecule has 0 aliphatic rings. The van der Waals surface area contributed by atoms with E-state index in [9.17, 15) is 0 Å². The van der Waals surface area contributed by atoms with Crippen molar-refractivity contribution in [2.24, 2.45) is 11.5 Å². The van der Waals surface area contributed by atoms with Gasteiger partial charge < -0.3 is 20.9 Å². The third-order valence-electron chi connectivity index (χ3n) is 3.77. The fourth-order valence-corrected chi connectivity index (χ4v) is 3.55.